The van der Waals surface area contributed by atoms with Crippen LogP contribution in [0.25, 0.3) is 0 Å². The standard InChI is InChI=1S/C21H18Cl2N2O4S/c1-13-7-9-15(30(27,28)25-18-5-3-4-6-20(18)29-2)12-19(13)24-21(26)14-8-10-16(22)17(23)11-14/h3-12,25H,1-2H3,(H,24,26). The molecule has 0 fully saturated rings. The minimum Gasteiger partial charge on any atom is -0.495 e. The summed E-state index contributed by atoms with van der Waals surface area (Å²) >= 11 is 11.9. The number of rotatable bonds is 6. The van der Waals surface area contributed by atoms with Gasteiger partial charge in [0.05, 0.1) is 27.7 Å². The molecular weight excluding hydrogens is 447 g/mol. The number of benzene rings is 3. The minimum absolute atomic E-state index is 0.0107. The first kappa shape index (κ1) is 22.0. The Bertz CT molecular complexity index is 1210. The Labute approximate surface area is 184 Å². The first-order valence-corrected chi connectivity index (χ1v) is 11.0. The average molecular weight is 465 g/mol. The van der Waals surface area contributed by atoms with E-state index >= 15 is 0 Å². The van der Waals surface area contributed by atoms with Crippen molar-refractivity contribution in [1.82, 2.24) is 0 Å². The van der Waals surface area contributed by atoms with Crippen LogP contribution in [0.3, 0.4) is 0 Å². The SMILES string of the molecule is COc1ccccc1NS(=O)(=O)c1ccc(C)c(NC(=O)c2ccc(Cl)c(Cl)c2)c1. The number of methoxy groups -OCH3 is 1. The second-order valence-corrected chi connectivity index (χ2v) is 8.86. The summed E-state index contributed by atoms with van der Waals surface area (Å²) in [6.07, 6.45) is 0. The molecule has 3 rings (SSSR count). The first-order valence-electron chi connectivity index (χ1n) is 8.74. The summed E-state index contributed by atoms with van der Waals surface area (Å²) in [5, 5.41) is 3.30. The molecule has 0 bridgehead atoms. The Morgan fingerprint density at radius 2 is 1.67 bits per heavy atom. The predicted octanol–water partition coefficient (Wildman–Crippen LogP) is 5.36. The van der Waals surface area contributed by atoms with Gasteiger partial charge in [-0.1, -0.05) is 41.4 Å². The number of carbonyl (C=O) groups excluding carboxylic acids is 1. The van der Waals surface area contributed by atoms with Crippen LogP contribution < -0.4 is 14.8 Å². The van der Waals surface area contributed by atoms with Crippen LogP contribution in [0, 0.1) is 6.92 Å². The van der Waals surface area contributed by atoms with Crippen molar-refractivity contribution >= 4 is 50.5 Å². The molecule has 0 saturated heterocycles. The number of hydrogen-bond acceptors (Lipinski definition) is 4. The smallest absolute Gasteiger partial charge is 0.262 e. The first-order chi connectivity index (χ1) is 14.2. The van der Waals surface area contributed by atoms with Crippen molar-refractivity contribution in [2.75, 3.05) is 17.1 Å². The molecule has 0 spiro atoms. The Hall–Kier alpha value is -2.74. The van der Waals surface area contributed by atoms with Crippen LogP contribution in [0.1, 0.15) is 15.9 Å². The van der Waals surface area contributed by atoms with Crippen molar-refractivity contribution in [2.24, 2.45) is 0 Å². The summed E-state index contributed by atoms with van der Waals surface area (Å²) in [5.74, 6) is -0.0507. The molecule has 9 heteroatoms. The monoisotopic (exact) mass is 464 g/mol. The van der Waals surface area contributed by atoms with Gasteiger partial charge in [0.1, 0.15) is 5.75 Å². The summed E-state index contributed by atoms with van der Waals surface area (Å²) in [6, 6.07) is 15.6. The molecule has 6 nitrogen and oxygen atoms in total. The van der Waals surface area contributed by atoms with Gasteiger partial charge in [0.2, 0.25) is 0 Å². The lowest BCUT2D eigenvalue weighted by atomic mass is 10.1. The quantitative estimate of drug-likeness (QED) is 0.513. The van der Waals surface area contributed by atoms with Gasteiger partial charge in [-0.05, 0) is 55.0 Å². The van der Waals surface area contributed by atoms with Gasteiger partial charge < -0.3 is 10.1 Å². The van der Waals surface area contributed by atoms with Crippen LogP contribution in [0.4, 0.5) is 11.4 Å². The number of para-hydroxylation sites is 2. The van der Waals surface area contributed by atoms with Crippen molar-refractivity contribution in [3.05, 3.63) is 81.8 Å². The van der Waals surface area contributed by atoms with Crippen LogP contribution in [0.5, 0.6) is 5.75 Å². The third-order valence-electron chi connectivity index (χ3n) is 4.30. The van der Waals surface area contributed by atoms with Gasteiger partial charge in [0.25, 0.3) is 15.9 Å². The molecule has 0 aliphatic rings. The maximum atomic E-state index is 12.9. The van der Waals surface area contributed by atoms with E-state index in [4.69, 9.17) is 27.9 Å². The van der Waals surface area contributed by atoms with Crippen molar-refractivity contribution in [1.29, 1.82) is 0 Å². The predicted molar refractivity (Wildman–Crippen MR) is 119 cm³/mol. The maximum absolute atomic E-state index is 12.9. The molecule has 0 unspecified atom stereocenters. The molecule has 2 N–H and O–H groups in total. The zero-order chi connectivity index (χ0) is 21.9. The van der Waals surface area contributed by atoms with E-state index in [2.05, 4.69) is 10.0 Å². The van der Waals surface area contributed by atoms with Crippen LogP contribution in [0.15, 0.2) is 65.6 Å². The van der Waals surface area contributed by atoms with Gasteiger partial charge in [0.15, 0.2) is 0 Å². The number of nitrogens with one attached hydrogen (secondary N) is 2. The second-order valence-electron chi connectivity index (χ2n) is 6.37. The van der Waals surface area contributed by atoms with E-state index in [9.17, 15) is 13.2 Å². The zero-order valence-electron chi connectivity index (χ0n) is 16.1. The number of carbonyl (C=O) groups is 1. The van der Waals surface area contributed by atoms with Crippen molar-refractivity contribution in [3.63, 3.8) is 0 Å². The fourth-order valence-corrected chi connectivity index (χ4v) is 4.06. The van der Waals surface area contributed by atoms with Crippen LogP contribution in [-0.2, 0) is 10.0 Å². The molecule has 0 atom stereocenters. The second kappa shape index (κ2) is 8.95. The zero-order valence-corrected chi connectivity index (χ0v) is 18.4. The Morgan fingerprint density at radius 1 is 0.933 bits per heavy atom. The Morgan fingerprint density at radius 3 is 2.37 bits per heavy atom. The summed E-state index contributed by atoms with van der Waals surface area (Å²) in [7, 11) is -2.46. The fourth-order valence-electron chi connectivity index (χ4n) is 2.67. The molecule has 3 aromatic carbocycles. The highest BCUT2D eigenvalue weighted by atomic mass is 35.5. The highest BCUT2D eigenvalue weighted by Crippen LogP contribution is 2.28. The third kappa shape index (κ3) is 4.87. The molecule has 3 aromatic rings. The number of ether oxygens (including phenoxy) is 1. The van der Waals surface area contributed by atoms with E-state index in [0.717, 1.165) is 0 Å². The van der Waals surface area contributed by atoms with Gasteiger partial charge in [-0.3, -0.25) is 9.52 Å². The van der Waals surface area contributed by atoms with E-state index in [1.807, 2.05) is 0 Å². The molecule has 1 amide bonds. The molecule has 156 valence electrons. The van der Waals surface area contributed by atoms with E-state index < -0.39 is 15.9 Å². The summed E-state index contributed by atoms with van der Waals surface area (Å²) < 4.78 is 33.4. The minimum atomic E-state index is -3.92. The number of aryl methyl sites for hydroxylation is 1. The number of hydrogen-bond donors (Lipinski definition) is 2. The lowest BCUT2D eigenvalue weighted by Crippen LogP contribution is -2.16. The van der Waals surface area contributed by atoms with Gasteiger partial charge in [0, 0.05) is 11.3 Å². The summed E-state index contributed by atoms with van der Waals surface area (Å²) in [4.78, 5) is 12.6. The molecule has 30 heavy (non-hydrogen) atoms. The Balaban J connectivity index is 1.88. The molecule has 0 saturated carbocycles. The fraction of sp³-hybridized carbons (Fsp3) is 0.0952. The molecule has 0 heterocycles. The lowest BCUT2D eigenvalue weighted by Gasteiger charge is -2.14. The van der Waals surface area contributed by atoms with Gasteiger partial charge in [-0.25, -0.2) is 8.42 Å². The maximum Gasteiger partial charge on any atom is 0.262 e. The normalized spacial score (nSPS) is 11.1. The topological polar surface area (TPSA) is 84.5 Å². The lowest BCUT2D eigenvalue weighted by molar-refractivity contribution is 0.102. The van der Waals surface area contributed by atoms with Crippen LogP contribution in [-0.4, -0.2) is 21.4 Å². The summed E-state index contributed by atoms with van der Waals surface area (Å²) in [6.45, 7) is 1.76. The van der Waals surface area contributed by atoms with Crippen molar-refractivity contribution in [2.45, 2.75) is 11.8 Å². The van der Waals surface area contributed by atoms with Gasteiger partial charge in [-0.2, -0.15) is 0 Å². The molecule has 0 aliphatic carbocycles. The average Bonchev–Trinajstić information content (AvgIpc) is 2.71. The van der Waals surface area contributed by atoms with Crippen LogP contribution >= 0.6 is 23.2 Å². The molecule has 0 aromatic heterocycles. The van der Waals surface area contributed by atoms with E-state index in [1.54, 1.807) is 37.3 Å². The van der Waals surface area contributed by atoms with Gasteiger partial charge in [-0.15, -0.1) is 0 Å². The molecule has 0 radical (unpaired) electrons. The molecular formula is C21H18Cl2N2O4S. The highest BCUT2D eigenvalue weighted by Gasteiger charge is 2.18. The number of sulfonamides is 1. The van der Waals surface area contributed by atoms with E-state index in [1.165, 1.54) is 37.4 Å². The molecule has 0 aliphatic heterocycles. The number of amides is 1. The highest BCUT2D eigenvalue weighted by molar-refractivity contribution is 7.92. The van der Waals surface area contributed by atoms with Crippen molar-refractivity contribution in [3.8, 4) is 5.75 Å². The third-order valence-corrected chi connectivity index (χ3v) is 6.40. The van der Waals surface area contributed by atoms with Crippen LogP contribution in [0.2, 0.25) is 10.0 Å². The number of anilines is 2. The van der Waals surface area contributed by atoms with Crippen molar-refractivity contribution < 1.29 is 17.9 Å². The summed E-state index contributed by atoms with van der Waals surface area (Å²) in [5.41, 5.74) is 1.65. The Kier molecular flexibility index (Phi) is 6.55. The van der Waals surface area contributed by atoms with Gasteiger partial charge >= 0.3 is 0 Å². The van der Waals surface area contributed by atoms with E-state index in [-0.39, 0.29) is 9.92 Å². The number of halogens is 2. The van der Waals surface area contributed by atoms with E-state index in [0.29, 0.717) is 33.3 Å². The largest absolute Gasteiger partial charge is 0.495 e.